The third kappa shape index (κ3) is 3.07. The van der Waals surface area contributed by atoms with Crippen LogP contribution in [-0.4, -0.2) is 41.4 Å². The van der Waals surface area contributed by atoms with E-state index in [1.807, 2.05) is 25.0 Å². The van der Waals surface area contributed by atoms with Crippen molar-refractivity contribution in [3.63, 3.8) is 0 Å². The van der Waals surface area contributed by atoms with Crippen LogP contribution in [0.2, 0.25) is 0 Å². The fraction of sp³-hybridized carbons (Fsp3) is 0.769. The maximum absolute atomic E-state index is 4.27. The van der Waals surface area contributed by atoms with Crippen molar-refractivity contribution in [2.45, 2.75) is 25.8 Å². The molecule has 96 valence electrons. The highest BCUT2D eigenvalue weighted by Gasteiger charge is 2.24. The van der Waals surface area contributed by atoms with Crippen molar-refractivity contribution >= 4 is 0 Å². The van der Waals surface area contributed by atoms with E-state index >= 15 is 0 Å². The summed E-state index contributed by atoms with van der Waals surface area (Å²) in [5, 5.41) is 7.56. The molecule has 1 aromatic heterocycles. The number of aryl methyl sites for hydroxylation is 1. The zero-order valence-electron chi connectivity index (χ0n) is 11.2. The molecule has 0 spiro atoms. The van der Waals surface area contributed by atoms with E-state index in [9.17, 15) is 0 Å². The van der Waals surface area contributed by atoms with Crippen molar-refractivity contribution in [2.75, 3.05) is 26.7 Å². The fourth-order valence-electron chi connectivity index (χ4n) is 2.77. The van der Waals surface area contributed by atoms with Crippen LogP contribution in [0, 0.1) is 5.92 Å². The van der Waals surface area contributed by atoms with E-state index in [2.05, 4.69) is 28.4 Å². The number of aromatic nitrogens is 2. The molecule has 1 N–H and O–H groups in total. The van der Waals surface area contributed by atoms with Gasteiger partial charge < -0.3 is 5.32 Å². The van der Waals surface area contributed by atoms with Crippen LogP contribution < -0.4 is 5.32 Å². The number of hydrogen-bond donors (Lipinski definition) is 1. The average molecular weight is 236 g/mol. The molecule has 0 radical (unpaired) electrons. The smallest absolute Gasteiger partial charge is 0.0537 e. The molecule has 1 aliphatic rings. The summed E-state index contributed by atoms with van der Waals surface area (Å²) in [6.07, 6.45) is 6.80. The van der Waals surface area contributed by atoms with Gasteiger partial charge in [0.25, 0.3) is 0 Å². The lowest BCUT2D eigenvalue weighted by Gasteiger charge is -2.36. The van der Waals surface area contributed by atoms with Gasteiger partial charge in [0, 0.05) is 31.4 Å². The highest BCUT2D eigenvalue weighted by atomic mass is 15.2. The summed E-state index contributed by atoms with van der Waals surface area (Å²) in [6, 6.07) is 0.489. The molecule has 0 aromatic carbocycles. The van der Waals surface area contributed by atoms with E-state index in [-0.39, 0.29) is 0 Å². The molecule has 0 amide bonds. The first-order valence-electron chi connectivity index (χ1n) is 6.58. The van der Waals surface area contributed by atoms with E-state index in [0.29, 0.717) is 6.04 Å². The van der Waals surface area contributed by atoms with Crippen molar-refractivity contribution in [2.24, 2.45) is 13.0 Å². The lowest BCUT2D eigenvalue weighted by atomic mass is 9.96. The molecule has 2 rings (SSSR count). The molecule has 4 heteroatoms. The Kier molecular flexibility index (Phi) is 4.18. The fourth-order valence-corrected chi connectivity index (χ4v) is 2.77. The number of rotatable bonds is 4. The van der Waals surface area contributed by atoms with Crippen LogP contribution >= 0.6 is 0 Å². The third-order valence-electron chi connectivity index (χ3n) is 3.80. The highest BCUT2D eigenvalue weighted by Crippen LogP contribution is 2.25. The molecule has 1 aromatic rings. The summed E-state index contributed by atoms with van der Waals surface area (Å²) in [7, 11) is 4.03. The summed E-state index contributed by atoms with van der Waals surface area (Å²) < 4.78 is 1.89. The van der Waals surface area contributed by atoms with E-state index in [4.69, 9.17) is 0 Å². The minimum absolute atomic E-state index is 0.489. The summed E-state index contributed by atoms with van der Waals surface area (Å²) in [4.78, 5) is 2.59. The lowest BCUT2D eigenvalue weighted by molar-refractivity contribution is 0.131. The monoisotopic (exact) mass is 236 g/mol. The van der Waals surface area contributed by atoms with Gasteiger partial charge in [0.15, 0.2) is 0 Å². The van der Waals surface area contributed by atoms with E-state index in [1.165, 1.54) is 31.5 Å². The second-order valence-corrected chi connectivity index (χ2v) is 5.18. The van der Waals surface area contributed by atoms with E-state index in [1.54, 1.807) is 0 Å². The predicted molar refractivity (Wildman–Crippen MR) is 69.8 cm³/mol. The molecule has 1 aliphatic heterocycles. The van der Waals surface area contributed by atoms with Gasteiger partial charge in [0.05, 0.1) is 6.20 Å². The Morgan fingerprint density at radius 1 is 1.59 bits per heavy atom. The number of piperidine rings is 1. The molecule has 1 fully saturated rings. The number of likely N-dealkylation sites (tertiary alicyclic amines) is 1. The van der Waals surface area contributed by atoms with Crippen LogP contribution in [-0.2, 0) is 7.05 Å². The van der Waals surface area contributed by atoms with Crippen LogP contribution in [0.3, 0.4) is 0 Å². The first-order chi connectivity index (χ1) is 8.20. The minimum Gasteiger partial charge on any atom is -0.319 e. The molecular weight excluding hydrogens is 212 g/mol. The molecule has 4 nitrogen and oxygen atoms in total. The van der Waals surface area contributed by atoms with Crippen molar-refractivity contribution in [3.05, 3.63) is 18.0 Å². The van der Waals surface area contributed by atoms with Gasteiger partial charge in [-0.2, -0.15) is 5.10 Å². The van der Waals surface area contributed by atoms with Crippen molar-refractivity contribution in [1.29, 1.82) is 0 Å². The van der Waals surface area contributed by atoms with Gasteiger partial charge in [-0.15, -0.1) is 0 Å². The van der Waals surface area contributed by atoms with Gasteiger partial charge in [0.2, 0.25) is 0 Å². The second-order valence-electron chi connectivity index (χ2n) is 5.18. The molecule has 0 bridgehead atoms. The molecule has 0 aliphatic carbocycles. The van der Waals surface area contributed by atoms with Gasteiger partial charge in [-0.05, 0) is 45.8 Å². The highest BCUT2D eigenvalue weighted by molar-refractivity contribution is 5.09. The summed E-state index contributed by atoms with van der Waals surface area (Å²) in [5.74, 6) is 0.799. The van der Waals surface area contributed by atoms with E-state index in [0.717, 1.165) is 12.5 Å². The normalized spacial score (nSPS) is 23.8. The Labute approximate surface area is 104 Å². The second kappa shape index (κ2) is 5.65. The average Bonchev–Trinajstić information content (AvgIpc) is 2.76. The molecule has 0 saturated carbocycles. The molecule has 2 unspecified atom stereocenters. The zero-order valence-corrected chi connectivity index (χ0v) is 11.2. The number of nitrogens with zero attached hydrogens (tertiary/aromatic N) is 3. The minimum atomic E-state index is 0.489. The topological polar surface area (TPSA) is 33.1 Å². The SMILES string of the molecule is CNCC1CCCN(C(C)c2cnn(C)c2)C1. The molecule has 2 heterocycles. The molecular formula is C13H24N4. The Morgan fingerprint density at radius 3 is 3.06 bits per heavy atom. The first kappa shape index (κ1) is 12.6. The maximum Gasteiger partial charge on any atom is 0.0537 e. The molecule has 1 saturated heterocycles. The van der Waals surface area contributed by atoms with Gasteiger partial charge >= 0.3 is 0 Å². The first-order valence-corrected chi connectivity index (χ1v) is 6.58. The number of hydrogen-bond acceptors (Lipinski definition) is 3. The van der Waals surface area contributed by atoms with E-state index < -0.39 is 0 Å². The van der Waals surface area contributed by atoms with Crippen LogP contribution in [0.5, 0.6) is 0 Å². The van der Waals surface area contributed by atoms with Gasteiger partial charge in [-0.25, -0.2) is 0 Å². The van der Waals surface area contributed by atoms with Crippen LogP contribution in [0.4, 0.5) is 0 Å². The van der Waals surface area contributed by atoms with Crippen molar-refractivity contribution < 1.29 is 0 Å². The Balaban J connectivity index is 1.97. The Morgan fingerprint density at radius 2 is 2.41 bits per heavy atom. The Bertz CT molecular complexity index is 345. The summed E-state index contributed by atoms with van der Waals surface area (Å²) in [5.41, 5.74) is 1.33. The van der Waals surface area contributed by atoms with Gasteiger partial charge in [-0.1, -0.05) is 0 Å². The third-order valence-corrected chi connectivity index (χ3v) is 3.80. The molecule has 2 atom stereocenters. The summed E-state index contributed by atoms with van der Waals surface area (Å²) in [6.45, 7) is 5.85. The van der Waals surface area contributed by atoms with Crippen LogP contribution in [0.25, 0.3) is 0 Å². The van der Waals surface area contributed by atoms with Crippen molar-refractivity contribution in [1.82, 2.24) is 20.0 Å². The van der Waals surface area contributed by atoms with Crippen LogP contribution in [0.1, 0.15) is 31.4 Å². The quantitative estimate of drug-likeness (QED) is 0.858. The lowest BCUT2D eigenvalue weighted by Crippen LogP contribution is -2.40. The summed E-state index contributed by atoms with van der Waals surface area (Å²) >= 11 is 0. The van der Waals surface area contributed by atoms with Gasteiger partial charge in [0.1, 0.15) is 0 Å². The van der Waals surface area contributed by atoms with Crippen molar-refractivity contribution in [3.8, 4) is 0 Å². The zero-order chi connectivity index (χ0) is 12.3. The largest absolute Gasteiger partial charge is 0.319 e. The van der Waals surface area contributed by atoms with Gasteiger partial charge in [-0.3, -0.25) is 9.58 Å². The maximum atomic E-state index is 4.27. The predicted octanol–water partition coefficient (Wildman–Crippen LogP) is 1.41. The number of nitrogens with one attached hydrogen (secondary N) is 1. The van der Waals surface area contributed by atoms with Crippen LogP contribution in [0.15, 0.2) is 12.4 Å². The standard InChI is InChI=1S/C13H24N4/c1-11(13-8-15-16(3)10-13)17-6-4-5-12(9-17)7-14-2/h8,10-12,14H,4-7,9H2,1-3H3. The Hall–Kier alpha value is -0.870. The molecule has 17 heavy (non-hydrogen) atoms.